The Labute approximate surface area is 242 Å². The third-order valence-corrected chi connectivity index (χ3v) is 11.3. The molecule has 0 aromatic heterocycles. The van der Waals surface area contributed by atoms with Crippen molar-refractivity contribution in [1.29, 1.82) is 0 Å². The number of carbonyl (C=O) groups excluding carboxylic acids is 5. The molecule has 10 nitrogen and oxygen atoms in total. The summed E-state index contributed by atoms with van der Waals surface area (Å²) >= 11 is 0. The van der Waals surface area contributed by atoms with E-state index in [4.69, 9.17) is 18.9 Å². The molecule has 0 heterocycles. The van der Waals surface area contributed by atoms with Gasteiger partial charge in [0.25, 0.3) is 0 Å². The number of ether oxygens (including phenoxy) is 4. The van der Waals surface area contributed by atoms with Crippen molar-refractivity contribution in [2.45, 2.75) is 117 Å². The molecule has 4 rings (SSSR count). The van der Waals surface area contributed by atoms with E-state index in [0.717, 1.165) is 0 Å². The van der Waals surface area contributed by atoms with Crippen LogP contribution in [0.1, 0.15) is 92.9 Å². The van der Waals surface area contributed by atoms with Crippen LogP contribution < -0.4 is 0 Å². The molecule has 4 saturated carbocycles. The lowest BCUT2D eigenvalue weighted by Crippen LogP contribution is -2.69. The van der Waals surface area contributed by atoms with Gasteiger partial charge in [-0.25, -0.2) is 0 Å². The highest BCUT2D eigenvalue weighted by Gasteiger charge is 2.72. The van der Waals surface area contributed by atoms with E-state index >= 15 is 0 Å². The fourth-order valence-electron chi connectivity index (χ4n) is 9.57. The summed E-state index contributed by atoms with van der Waals surface area (Å²) in [4.78, 5) is 62.4. The van der Waals surface area contributed by atoms with Gasteiger partial charge in [-0.2, -0.15) is 0 Å². The van der Waals surface area contributed by atoms with Crippen molar-refractivity contribution in [3.05, 3.63) is 0 Å². The normalized spacial score (nSPS) is 42.1. The molecule has 11 atom stereocenters. The number of methoxy groups -OCH3 is 1. The maximum Gasteiger partial charge on any atom is 0.305 e. The Kier molecular flexibility index (Phi) is 8.67. The van der Waals surface area contributed by atoms with Crippen LogP contribution in [-0.2, 0) is 42.9 Å². The van der Waals surface area contributed by atoms with E-state index in [1.54, 1.807) is 0 Å². The molecule has 0 aliphatic heterocycles. The Morgan fingerprint density at radius 2 is 1.61 bits per heavy atom. The third kappa shape index (κ3) is 5.41. The number of hydrogen-bond acceptors (Lipinski definition) is 10. The number of aliphatic hydroxyl groups is 1. The van der Waals surface area contributed by atoms with Crippen LogP contribution in [-0.4, -0.2) is 65.8 Å². The average Bonchev–Trinajstić information content (AvgIpc) is 3.13. The zero-order chi connectivity index (χ0) is 30.5. The Hall–Kier alpha value is -2.49. The van der Waals surface area contributed by atoms with Crippen molar-refractivity contribution >= 4 is 29.7 Å². The smallest absolute Gasteiger partial charge is 0.305 e. The van der Waals surface area contributed by atoms with E-state index in [2.05, 4.69) is 0 Å². The molecular formula is C31H46O10. The minimum absolute atomic E-state index is 0.0544. The summed E-state index contributed by atoms with van der Waals surface area (Å²) in [5.41, 5.74) is -2.70. The maximum absolute atomic E-state index is 13.8. The predicted molar refractivity (Wildman–Crippen MR) is 145 cm³/mol. The summed E-state index contributed by atoms with van der Waals surface area (Å²) in [7, 11) is 1.34. The number of rotatable bonds is 7. The molecule has 1 N–H and O–H groups in total. The van der Waals surface area contributed by atoms with Gasteiger partial charge in [-0.3, -0.25) is 24.0 Å². The lowest BCUT2D eigenvalue weighted by atomic mass is 9.41. The molecule has 4 fully saturated rings. The Morgan fingerprint density at radius 1 is 0.976 bits per heavy atom. The topological polar surface area (TPSA) is 143 Å². The molecule has 0 aromatic rings. The minimum atomic E-state index is -1.29. The van der Waals surface area contributed by atoms with Crippen LogP contribution in [0.5, 0.6) is 0 Å². The molecule has 4 aliphatic carbocycles. The van der Waals surface area contributed by atoms with E-state index in [-0.39, 0.29) is 61.1 Å². The monoisotopic (exact) mass is 578 g/mol. The van der Waals surface area contributed by atoms with Crippen molar-refractivity contribution in [2.24, 2.45) is 40.4 Å². The van der Waals surface area contributed by atoms with E-state index in [0.29, 0.717) is 25.7 Å². The minimum Gasteiger partial charge on any atom is -0.469 e. The number of fused-ring (bicyclic) bond motifs is 5. The van der Waals surface area contributed by atoms with E-state index in [1.807, 2.05) is 20.8 Å². The Balaban J connectivity index is 1.78. The second kappa shape index (κ2) is 11.3. The fraction of sp³-hybridized carbons (Fsp3) is 0.839. The second-order valence-corrected chi connectivity index (χ2v) is 13.5. The van der Waals surface area contributed by atoms with Gasteiger partial charge in [0.05, 0.1) is 12.7 Å². The van der Waals surface area contributed by atoms with Gasteiger partial charge < -0.3 is 24.1 Å². The zero-order valence-electron chi connectivity index (χ0n) is 25.4. The lowest BCUT2D eigenvalue weighted by Gasteiger charge is -2.66. The third-order valence-electron chi connectivity index (χ3n) is 11.3. The number of esters is 4. The van der Waals surface area contributed by atoms with Gasteiger partial charge in [0, 0.05) is 69.1 Å². The first-order valence-corrected chi connectivity index (χ1v) is 14.9. The van der Waals surface area contributed by atoms with Gasteiger partial charge >= 0.3 is 23.9 Å². The van der Waals surface area contributed by atoms with Crippen LogP contribution in [0.15, 0.2) is 0 Å². The highest BCUT2D eigenvalue weighted by atomic mass is 16.6. The molecule has 10 heteroatoms. The van der Waals surface area contributed by atoms with Gasteiger partial charge in [0.15, 0.2) is 0 Å². The van der Waals surface area contributed by atoms with Crippen LogP contribution >= 0.6 is 0 Å². The van der Waals surface area contributed by atoms with Crippen molar-refractivity contribution in [3.63, 3.8) is 0 Å². The van der Waals surface area contributed by atoms with E-state index < -0.39 is 58.6 Å². The van der Waals surface area contributed by atoms with Crippen LogP contribution in [0.2, 0.25) is 0 Å². The largest absolute Gasteiger partial charge is 0.469 e. The molecule has 0 amide bonds. The number of carbonyl (C=O) groups is 5. The second-order valence-electron chi connectivity index (χ2n) is 13.5. The molecule has 0 aromatic carbocycles. The molecule has 0 bridgehead atoms. The van der Waals surface area contributed by atoms with Crippen molar-refractivity contribution in [3.8, 4) is 0 Å². The van der Waals surface area contributed by atoms with Crippen molar-refractivity contribution in [2.75, 3.05) is 7.11 Å². The van der Waals surface area contributed by atoms with Crippen LogP contribution in [0.25, 0.3) is 0 Å². The van der Waals surface area contributed by atoms with Gasteiger partial charge in [-0.1, -0.05) is 20.8 Å². The van der Waals surface area contributed by atoms with Crippen LogP contribution in [0, 0.1) is 40.4 Å². The van der Waals surface area contributed by atoms with E-state index in [1.165, 1.54) is 27.9 Å². The van der Waals surface area contributed by atoms with Crippen LogP contribution in [0.3, 0.4) is 0 Å². The SMILES string of the molecule is COC(=O)CC[C@@H](C)[C@H]1C(=O)C[C@H]2[C@@H]3[C@H](OC(C)=O)C[C@]4(O)C[C@H](OC(C)=O)CC[C@]4(C)[C@H]3C[C@H](OC(C)=O)[C@]12C. The van der Waals surface area contributed by atoms with Gasteiger partial charge in [0.1, 0.15) is 24.1 Å². The quantitative estimate of drug-likeness (QED) is 0.352. The number of Topliss-reactive ketones (excluding diaryl/α,β-unsaturated/α-hetero) is 1. The standard InChI is InChI=1S/C31H46O10/c1-16(8-9-26(36)38-7)28-23(35)12-22-27-21(13-25(30(22,28)6)41-19(4)34)29(5)11-10-20(39-17(2)32)14-31(29,37)15-24(27)40-18(3)33/h16,20-22,24-25,27-28,37H,8-15H2,1-7H3/t16-,20-,21+,22+,24-,25+,27-,28+,29-,30-,31-/m1/s1. The summed E-state index contributed by atoms with van der Waals surface area (Å²) < 4.78 is 22.3. The van der Waals surface area contributed by atoms with Crippen molar-refractivity contribution in [1.82, 2.24) is 0 Å². The summed E-state index contributed by atoms with van der Waals surface area (Å²) in [6.45, 7) is 10.1. The van der Waals surface area contributed by atoms with Crippen LogP contribution in [0.4, 0.5) is 0 Å². The Bertz CT molecular complexity index is 1090. The zero-order valence-corrected chi connectivity index (χ0v) is 25.4. The number of hydrogen-bond donors (Lipinski definition) is 1. The van der Waals surface area contributed by atoms with Gasteiger partial charge in [0.2, 0.25) is 0 Å². The average molecular weight is 579 g/mol. The first-order valence-electron chi connectivity index (χ1n) is 14.9. The molecule has 4 aliphatic rings. The molecule has 0 spiro atoms. The summed E-state index contributed by atoms with van der Waals surface area (Å²) in [6, 6.07) is 0. The molecule has 0 radical (unpaired) electrons. The van der Waals surface area contributed by atoms with Gasteiger partial charge in [-0.15, -0.1) is 0 Å². The highest BCUT2D eigenvalue weighted by molar-refractivity contribution is 5.85. The Morgan fingerprint density at radius 3 is 2.20 bits per heavy atom. The molecule has 0 saturated heterocycles. The first-order chi connectivity index (χ1) is 19.1. The summed E-state index contributed by atoms with van der Waals surface area (Å²) in [5.74, 6) is -2.97. The highest BCUT2D eigenvalue weighted by Crippen LogP contribution is 2.69. The molecule has 0 unspecified atom stereocenters. The lowest BCUT2D eigenvalue weighted by molar-refractivity contribution is -0.269. The maximum atomic E-state index is 13.8. The number of ketones is 1. The van der Waals surface area contributed by atoms with E-state index in [9.17, 15) is 29.1 Å². The van der Waals surface area contributed by atoms with Crippen molar-refractivity contribution < 1.29 is 48.0 Å². The fourth-order valence-corrected chi connectivity index (χ4v) is 9.57. The summed E-state index contributed by atoms with van der Waals surface area (Å²) in [6.07, 6.45) is 1.09. The summed E-state index contributed by atoms with van der Waals surface area (Å²) in [5, 5.41) is 12.3. The first kappa shape index (κ1) is 31.4. The molecule has 41 heavy (non-hydrogen) atoms. The molecular weight excluding hydrogens is 532 g/mol. The van der Waals surface area contributed by atoms with Gasteiger partial charge in [-0.05, 0) is 43.4 Å². The predicted octanol–water partition coefficient (Wildman–Crippen LogP) is 3.54. The molecule has 230 valence electrons.